The van der Waals surface area contributed by atoms with Gasteiger partial charge in [0.05, 0.1) is 17.7 Å². The molecule has 0 aromatic carbocycles. The van der Waals surface area contributed by atoms with E-state index in [4.69, 9.17) is 0 Å². The number of hydrogen-bond acceptors (Lipinski definition) is 5. The highest BCUT2D eigenvalue weighted by atomic mass is 32.1. The number of guanidine groups is 1. The lowest BCUT2D eigenvalue weighted by atomic mass is 10.3. The molecule has 0 bridgehead atoms. The fraction of sp³-hybridized carbons (Fsp3) is 0.500. The second kappa shape index (κ2) is 4.23. The topological polar surface area (TPSA) is 49.3 Å². The molecule has 1 aromatic heterocycles. The Morgan fingerprint density at radius 1 is 1.62 bits per heavy atom. The van der Waals surface area contributed by atoms with Gasteiger partial charge in [0.25, 0.3) is 0 Å². The zero-order valence-electron chi connectivity index (χ0n) is 7.29. The Morgan fingerprint density at radius 2 is 2.62 bits per heavy atom. The van der Waals surface area contributed by atoms with Crippen molar-refractivity contribution in [1.29, 1.82) is 0 Å². The Bertz CT molecular complexity index is 280. The molecule has 13 heavy (non-hydrogen) atoms. The average molecular weight is 196 g/mol. The van der Waals surface area contributed by atoms with Crippen molar-refractivity contribution in [2.24, 2.45) is 4.99 Å². The van der Waals surface area contributed by atoms with E-state index in [1.807, 2.05) is 5.51 Å². The van der Waals surface area contributed by atoms with Crippen LogP contribution in [0.25, 0.3) is 0 Å². The van der Waals surface area contributed by atoms with Crippen molar-refractivity contribution < 1.29 is 0 Å². The Morgan fingerprint density at radius 3 is 3.31 bits per heavy atom. The third-order valence-corrected chi connectivity index (χ3v) is 2.47. The maximum Gasteiger partial charge on any atom is 0.191 e. The summed E-state index contributed by atoms with van der Waals surface area (Å²) < 4.78 is 0. The van der Waals surface area contributed by atoms with Crippen LogP contribution in [0.3, 0.4) is 0 Å². The van der Waals surface area contributed by atoms with Gasteiger partial charge in [-0.25, -0.2) is 4.98 Å². The van der Waals surface area contributed by atoms with Crippen molar-refractivity contribution in [2.45, 2.75) is 6.42 Å². The highest BCUT2D eigenvalue weighted by Crippen LogP contribution is 2.00. The summed E-state index contributed by atoms with van der Waals surface area (Å²) in [5.74, 6) is 0.926. The van der Waals surface area contributed by atoms with Crippen molar-refractivity contribution >= 4 is 17.3 Å². The minimum Gasteiger partial charge on any atom is -0.356 e. The summed E-state index contributed by atoms with van der Waals surface area (Å²) in [6, 6.07) is 0. The Balaban J connectivity index is 1.69. The predicted molar refractivity (Wildman–Crippen MR) is 54.1 cm³/mol. The first kappa shape index (κ1) is 8.50. The molecule has 0 saturated carbocycles. The van der Waals surface area contributed by atoms with Crippen molar-refractivity contribution in [3.05, 3.63) is 16.6 Å². The van der Waals surface area contributed by atoms with E-state index >= 15 is 0 Å². The van der Waals surface area contributed by atoms with Gasteiger partial charge >= 0.3 is 0 Å². The summed E-state index contributed by atoms with van der Waals surface area (Å²) in [5, 5.41) is 8.46. The summed E-state index contributed by atoms with van der Waals surface area (Å²) in [4.78, 5) is 8.43. The highest BCUT2D eigenvalue weighted by molar-refractivity contribution is 7.07. The van der Waals surface area contributed by atoms with Crippen LogP contribution in [0.5, 0.6) is 0 Å². The maximum atomic E-state index is 4.23. The highest BCUT2D eigenvalue weighted by Gasteiger charge is 2.03. The quantitative estimate of drug-likeness (QED) is 0.728. The van der Waals surface area contributed by atoms with Crippen LogP contribution in [0, 0.1) is 0 Å². The third-order valence-electron chi connectivity index (χ3n) is 1.83. The number of nitrogens with zero attached hydrogens (tertiary/aromatic N) is 2. The second-order valence-electron chi connectivity index (χ2n) is 2.81. The van der Waals surface area contributed by atoms with E-state index in [9.17, 15) is 0 Å². The number of aromatic nitrogens is 1. The van der Waals surface area contributed by atoms with Crippen LogP contribution >= 0.6 is 11.3 Å². The van der Waals surface area contributed by atoms with Gasteiger partial charge in [-0.1, -0.05) is 0 Å². The van der Waals surface area contributed by atoms with Gasteiger partial charge in [0.15, 0.2) is 5.96 Å². The van der Waals surface area contributed by atoms with E-state index < -0.39 is 0 Å². The van der Waals surface area contributed by atoms with Crippen LogP contribution in [0.15, 0.2) is 15.9 Å². The van der Waals surface area contributed by atoms with Crippen LogP contribution in [0.2, 0.25) is 0 Å². The van der Waals surface area contributed by atoms with Gasteiger partial charge in [-0.05, 0) is 0 Å². The van der Waals surface area contributed by atoms with E-state index in [0.717, 1.165) is 37.7 Å². The van der Waals surface area contributed by atoms with E-state index in [-0.39, 0.29) is 0 Å². The Hall–Kier alpha value is -1.10. The number of aliphatic imine (C=N–C) groups is 1. The third kappa shape index (κ3) is 2.42. The Labute approximate surface area is 81.1 Å². The second-order valence-corrected chi connectivity index (χ2v) is 3.53. The van der Waals surface area contributed by atoms with Gasteiger partial charge in [0.1, 0.15) is 0 Å². The zero-order chi connectivity index (χ0) is 8.93. The summed E-state index contributed by atoms with van der Waals surface area (Å²) in [7, 11) is 0. The molecule has 0 amide bonds. The van der Waals surface area contributed by atoms with Gasteiger partial charge in [-0.3, -0.25) is 4.99 Å². The SMILES string of the molecule is c1nc(CCNC2=NCCN2)cs1. The minimum atomic E-state index is 0.888. The molecular weight excluding hydrogens is 184 g/mol. The molecule has 70 valence electrons. The molecule has 1 aromatic rings. The van der Waals surface area contributed by atoms with Crippen molar-refractivity contribution in [3.63, 3.8) is 0 Å². The van der Waals surface area contributed by atoms with Gasteiger partial charge in [-0.2, -0.15) is 0 Å². The van der Waals surface area contributed by atoms with Crippen molar-refractivity contribution in [3.8, 4) is 0 Å². The average Bonchev–Trinajstić information content (AvgIpc) is 2.75. The van der Waals surface area contributed by atoms with Crippen LogP contribution in [-0.2, 0) is 6.42 Å². The molecule has 0 aliphatic carbocycles. The molecule has 5 heteroatoms. The lowest BCUT2D eigenvalue weighted by Crippen LogP contribution is -2.34. The molecule has 2 N–H and O–H groups in total. The summed E-state index contributed by atoms with van der Waals surface area (Å²) in [6.45, 7) is 2.74. The van der Waals surface area contributed by atoms with E-state index in [2.05, 4.69) is 26.0 Å². The van der Waals surface area contributed by atoms with Crippen molar-refractivity contribution in [1.82, 2.24) is 15.6 Å². The smallest absolute Gasteiger partial charge is 0.191 e. The standard InChI is InChI=1S/C8H12N4S/c1(7-5-13-6-12-7)2-9-8-10-3-4-11-8/h5-6H,1-4H2,(H2,9,10,11). The van der Waals surface area contributed by atoms with E-state index in [1.54, 1.807) is 11.3 Å². The van der Waals surface area contributed by atoms with Crippen LogP contribution < -0.4 is 10.6 Å². The molecule has 2 rings (SSSR count). The summed E-state index contributed by atoms with van der Waals surface area (Å²) in [6.07, 6.45) is 0.962. The van der Waals surface area contributed by atoms with Gasteiger partial charge in [0.2, 0.25) is 0 Å². The zero-order valence-corrected chi connectivity index (χ0v) is 8.10. The number of rotatable bonds is 3. The lowest BCUT2D eigenvalue weighted by molar-refractivity contribution is 0.824. The summed E-state index contributed by atoms with van der Waals surface area (Å²) in [5.41, 5.74) is 3.01. The maximum absolute atomic E-state index is 4.23. The van der Waals surface area contributed by atoms with E-state index in [0.29, 0.717) is 0 Å². The first-order valence-corrected chi connectivity index (χ1v) is 5.29. The molecule has 0 saturated heterocycles. The lowest BCUT2D eigenvalue weighted by Gasteiger charge is -2.04. The number of nitrogens with one attached hydrogen (secondary N) is 2. The minimum absolute atomic E-state index is 0.888. The molecular formula is C8H12N4S. The van der Waals surface area contributed by atoms with Crippen LogP contribution in [0.4, 0.5) is 0 Å². The molecule has 0 fully saturated rings. The van der Waals surface area contributed by atoms with Crippen LogP contribution in [-0.4, -0.2) is 30.6 Å². The van der Waals surface area contributed by atoms with Gasteiger partial charge in [0, 0.05) is 24.9 Å². The molecule has 0 radical (unpaired) electrons. The molecule has 2 heterocycles. The van der Waals surface area contributed by atoms with Crippen LogP contribution in [0.1, 0.15) is 5.69 Å². The number of thiazole rings is 1. The predicted octanol–water partition coefficient (Wildman–Crippen LogP) is 0.234. The molecule has 0 spiro atoms. The largest absolute Gasteiger partial charge is 0.356 e. The fourth-order valence-electron chi connectivity index (χ4n) is 1.19. The van der Waals surface area contributed by atoms with Crippen molar-refractivity contribution in [2.75, 3.05) is 19.6 Å². The fourth-order valence-corrected chi connectivity index (χ4v) is 1.78. The molecule has 4 nitrogen and oxygen atoms in total. The molecule has 1 aliphatic heterocycles. The normalized spacial score (nSPS) is 15.2. The van der Waals surface area contributed by atoms with Gasteiger partial charge < -0.3 is 10.6 Å². The molecule has 0 atom stereocenters. The van der Waals surface area contributed by atoms with Gasteiger partial charge in [-0.15, -0.1) is 11.3 Å². The molecule has 0 unspecified atom stereocenters. The van der Waals surface area contributed by atoms with E-state index in [1.165, 1.54) is 0 Å². The summed E-state index contributed by atoms with van der Waals surface area (Å²) >= 11 is 1.64. The molecule has 1 aliphatic rings. The monoisotopic (exact) mass is 196 g/mol. The first-order valence-electron chi connectivity index (χ1n) is 4.34. The first-order chi connectivity index (χ1) is 6.45. The number of hydrogen-bond donors (Lipinski definition) is 2. The Kier molecular flexibility index (Phi) is 2.76.